The number of carbonyl (C=O) groups excluding carboxylic acids is 1. The lowest BCUT2D eigenvalue weighted by Gasteiger charge is -2.24. The highest BCUT2D eigenvalue weighted by molar-refractivity contribution is 5.74. The lowest BCUT2D eigenvalue weighted by molar-refractivity contribution is -0.138. The number of urea groups is 1. The molecule has 1 aliphatic carbocycles. The van der Waals surface area contributed by atoms with Crippen molar-refractivity contribution < 1.29 is 14.7 Å². The largest absolute Gasteiger partial charge is 0.481 e. The zero-order valence-corrected chi connectivity index (χ0v) is 11.4. The number of hydrogen-bond acceptors (Lipinski definition) is 2. The van der Waals surface area contributed by atoms with Crippen LogP contribution in [0.3, 0.4) is 0 Å². The van der Waals surface area contributed by atoms with E-state index in [9.17, 15) is 9.59 Å². The van der Waals surface area contributed by atoms with Gasteiger partial charge in [-0.05, 0) is 31.1 Å². The number of carbonyl (C=O) groups is 2. The van der Waals surface area contributed by atoms with Gasteiger partial charge in [0.2, 0.25) is 0 Å². The van der Waals surface area contributed by atoms with Crippen LogP contribution in [0, 0.1) is 11.8 Å². The van der Waals surface area contributed by atoms with Crippen molar-refractivity contribution in [3.63, 3.8) is 0 Å². The van der Waals surface area contributed by atoms with Gasteiger partial charge in [0, 0.05) is 26.1 Å². The molecule has 2 amide bonds. The predicted molar refractivity (Wildman–Crippen MR) is 71.9 cm³/mol. The summed E-state index contributed by atoms with van der Waals surface area (Å²) in [4.78, 5) is 24.4. The number of nitrogens with zero attached hydrogens (tertiary/aromatic N) is 1. The molecule has 5 heteroatoms. The van der Waals surface area contributed by atoms with Gasteiger partial charge in [-0.3, -0.25) is 4.79 Å². The molecule has 2 aliphatic rings. The van der Waals surface area contributed by atoms with Crippen molar-refractivity contribution in [2.75, 3.05) is 19.6 Å². The molecular formula is C14H24N2O3. The summed E-state index contributed by atoms with van der Waals surface area (Å²) in [5.41, 5.74) is 0. The van der Waals surface area contributed by atoms with Crippen LogP contribution >= 0.6 is 0 Å². The molecule has 0 aromatic rings. The Morgan fingerprint density at radius 3 is 2.53 bits per heavy atom. The maximum absolute atomic E-state index is 12.0. The smallest absolute Gasteiger partial charge is 0.317 e. The Morgan fingerprint density at radius 1 is 1.11 bits per heavy atom. The number of hydrogen-bond donors (Lipinski definition) is 2. The normalized spacial score (nSPS) is 24.4. The van der Waals surface area contributed by atoms with Gasteiger partial charge in [-0.25, -0.2) is 4.79 Å². The van der Waals surface area contributed by atoms with Crippen molar-refractivity contribution in [3.05, 3.63) is 0 Å². The van der Waals surface area contributed by atoms with Crippen LogP contribution in [-0.2, 0) is 4.79 Å². The van der Waals surface area contributed by atoms with E-state index < -0.39 is 5.97 Å². The number of likely N-dealkylation sites (tertiary alicyclic amines) is 1. The second-order valence-corrected chi connectivity index (χ2v) is 5.89. The molecule has 2 N–H and O–H groups in total. The van der Waals surface area contributed by atoms with E-state index in [0.717, 1.165) is 13.0 Å². The zero-order chi connectivity index (χ0) is 13.7. The summed E-state index contributed by atoms with van der Waals surface area (Å²) in [6.45, 7) is 2.05. The highest BCUT2D eigenvalue weighted by atomic mass is 16.4. The molecule has 0 bridgehead atoms. The molecule has 0 radical (unpaired) electrons. The number of amides is 2. The van der Waals surface area contributed by atoms with E-state index in [1.54, 1.807) is 4.90 Å². The van der Waals surface area contributed by atoms with Gasteiger partial charge in [-0.15, -0.1) is 0 Å². The van der Waals surface area contributed by atoms with Crippen molar-refractivity contribution >= 4 is 12.0 Å². The summed E-state index contributed by atoms with van der Waals surface area (Å²) < 4.78 is 0. The third kappa shape index (κ3) is 4.40. The molecule has 2 fully saturated rings. The van der Waals surface area contributed by atoms with Crippen molar-refractivity contribution in [1.29, 1.82) is 0 Å². The molecule has 108 valence electrons. The Morgan fingerprint density at radius 2 is 1.84 bits per heavy atom. The first-order valence-electron chi connectivity index (χ1n) is 7.39. The first kappa shape index (κ1) is 14.2. The Bertz CT molecular complexity index is 327. The van der Waals surface area contributed by atoms with Gasteiger partial charge in [0.05, 0.1) is 0 Å². The van der Waals surface area contributed by atoms with Crippen molar-refractivity contribution in [3.8, 4) is 0 Å². The minimum atomic E-state index is -0.769. The summed E-state index contributed by atoms with van der Waals surface area (Å²) in [5.74, 6) is -0.0116. The number of nitrogens with one attached hydrogen (secondary N) is 1. The maximum Gasteiger partial charge on any atom is 0.317 e. The van der Waals surface area contributed by atoms with E-state index in [-0.39, 0.29) is 18.4 Å². The minimum absolute atomic E-state index is 0.0153. The molecule has 1 atom stereocenters. The maximum atomic E-state index is 12.0. The van der Waals surface area contributed by atoms with Crippen LogP contribution in [0.4, 0.5) is 4.79 Å². The number of rotatable bonds is 4. The van der Waals surface area contributed by atoms with E-state index in [1.165, 1.54) is 32.1 Å². The molecule has 2 rings (SSSR count). The summed E-state index contributed by atoms with van der Waals surface area (Å²) in [6.07, 6.45) is 7.32. The van der Waals surface area contributed by atoms with Gasteiger partial charge < -0.3 is 15.3 Å². The van der Waals surface area contributed by atoms with Crippen LogP contribution in [0.5, 0.6) is 0 Å². The monoisotopic (exact) mass is 268 g/mol. The Labute approximate surface area is 114 Å². The summed E-state index contributed by atoms with van der Waals surface area (Å²) in [5, 5.41) is 11.8. The average Bonchev–Trinajstić information content (AvgIpc) is 2.85. The molecular weight excluding hydrogens is 244 g/mol. The van der Waals surface area contributed by atoms with E-state index in [1.807, 2.05) is 0 Å². The van der Waals surface area contributed by atoms with Crippen LogP contribution in [-0.4, -0.2) is 41.6 Å². The molecule has 0 spiro atoms. The van der Waals surface area contributed by atoms with Gasteiger partial charge in [-0.2, -0.15) is 0 Å². The van der Waals surface area contributed by atoms with Gasteiger partial charge in [-0.1, -0.05) is 19.3 Å². The fraction of sp³-hybridized carbons (Fsp3) is 0.857. The van der Waals surface area contributed by atoms with Gasteiger partial charge >= 0.3 is 12.0 Å². The lowest BCUT2D eigenvalue weighted by atomic mass is 9.89. The topological polar surface area (TPSA) is 69.6 Å². The molecule has 1 saturated heterocycles. The minimum Gasteiger partial charge on any atom is -0.481 e. The quantitative estimate of drug-likeness (QED) is 0.820. The molecule has 19 heavy (non-hydrogen) atoms. The molecule has 0 aromatic carbocycles. The van der Waals surface area contributed by atoms with Gasteiger partial charge in [0.25, 0.3) is 0 Å². The lowest BCUT2D eigenvalue weighted by Crippen LogP contribution is -2.41. The third-order valence-electron chi connectivity index (χ3n) is 4.30. The fourth-order valence-corrected chi connectivity index (χ4v) is 3.17. The molecule has 0 aromatic heterocycles. The van der Waals surface area contributed by atoms with Gasteiger partial charge in [0.15, 0.2) is 0 Å². The average molecular weight is 268 g/mol. The summed E-state index contributed by atoms with van der Waals surface area (Å²) in [7, 11) is 0. The second-order valence-electron chi connectivity index (χ2n) is 5.89. The fourth-order valence-electron chi connectivity index (χ4n) is 3.17. The highest BCUT2D eigenvalue weighted by Gasteiger charge is 2.28. The van der Waals surface area contributed by atoms with Crippen LogP contribution in [0.25, 0.3) is 0 Å². The highest BCUT2D eigenvalue weighted by Crippen LogP contribution is 2.23. The number of carboxylic acid groups (broad SMARTS) is 1. The Hall–Kier alpha value is -1.26. The summed E-state index contributed by atoms with van der Waals surface area (Å²) in [6, 6.07) is -0.0153. The van der Waals surface area contributed by atoms with Crippen LogP contribution in [0.2, 0.25) is 0 Å². The van der Waals surface area contributed by atoms with Crippen LogP contribution < -0.4 is 5.32 Å². The standard InChI is InChI=1S/C14H24N2O3/c17-13(18)8-12-6-7-16(10-12)14(19)15-9-11-4-2-1-3-5-11/h11-12H,1-10H2,(H,15,19)(H,17,18). The second kappa shape index (κ2) is 6.78. The molecule has 1 heterocycles. The zero-order valence-electron chi connectivity index (χ0n) is 11.4. The Balaban J connectivity index is 1.67. The Kier molecular flexibility index (Phi) is 5.05. The molecule has 1 aliphatic heterocycles. The molecule has 5 nitrogen and oxygen atoms in total. The van der Waals surface area contributed by atoms with Crippen molar-refractivity contribution in [2.24, 2.45) is 11.8 Å². The van der Waals surface area contributed by atoms with E-state index in [2.05, 4.69) is 5.32 Å². The van der Waals surface area contributed by atoms with E-state index in [4.69, 9.17) is 5.11 Å². The molecule has 1 unspecified atom stereocenters. The molecule has 1 saturated carbocycles. The first-order valence-corrected chi connectivity index (χ1v) is 7.39. The van der Waals surface area contributed by atoms with Crippen LogP contribution in [0.1, 0.15) is 44.9 Å². The van der Waals surface area contributed by atoms with E-state index in [0.29, 0.717) is 19.0 Å². The third-order valence-corrected chi connectivity index (χ3v) is 4.30. The number of carboxylic acids is 1. The van der Waals surface area contributed by atoms with Crippen LogP contribution in [0.15, 0.2) is 0 Å². The van der Waals surface area contributed by atoms with Gasteiger partial charge in [0.1, 0.15) is 0 Å². The van der Waals surface area contributed by atoms with E-state index >= 15 is 0 Å². The SMILES string of the molecule is O=C(O)CC1CCN(C(=O)NCC2CCCCC2)C1. The summed E-state index contributed by atoms with van der Waals surface area (Å²) >= 11 is 0. The van der Waals surface area contributed by atoms with Crippen molar-refractivity contribution in [2.45, 2.75) is 44.9 Å². The van der Waals surface area contributed by atoms with Crippen molar-refractivity contribution in [1.82, 2.24) is 10.2 Å². The predicted octanol–water partition coefficient (Wildman–Crippen LogP) is 2.07. The number of aliphatic carboxylic acids is 1. The first-order chi connectivity index (χ1) is 9.15.